The van der Waals surface area contributed by atoms with E-state index in [0.29, 0.717) is 0 Å². The first-order valence-electron chi connectivity index (χ1n) is 5.34. The highest BCUT2D eigenvalue weighted by Gasteiger charge is 2.39. The predicted molar refractivity (Wildman–Crippen MR) is 59.6 cm³/mol. The summed E-state index contributed by atoms with van der Waals surface area (Å²) in [5.41, 5.74) is 0. The molecule has 0 fully saturated rings. The van der Waals surface area contributed by atoms with Gasteiger partial charge in [-0.2, -0.15) is 0 Å². The average Bonchev–Trinajstić information content (AvgIpc) is 2.23. The van der Waals surface area contributed by atoms with Crippen molar-refractivity contribution in [3.63, 3.8) is 0 Å². The Hall–Kier alpha value is -0.970. The lowest BCUT2D eigenvalue weighted by Crippen LogP contribution is -2.47. The van der Waals surface area contributed by atoms with Crippen molar-refractivity contribution in [2.24, 2.45) is 11.8 Å². The Morgan fingerprint density at radius 2 is 2.00 bits per heavy atom. The van der Waals surface area contributed by atoms with Gasteiger partial charge < -0.3 is 15.3 Å². The van der Waals surface area contributed by atoms with E-state index < -0.39 is 30.0 Å². The zero-order valence-corrected chi connectivity index (χ0v) is 9.45. The Balaban J connectivity index is 2.98. The summed E-state index contributed by atoms with van der Waals surface area (Å²) in [7, 11) is 0. The van der Waals surface area contributed by atoms with Crippen LogP contribution in [0.5, 0.6) is 0 Å². The first kappa shape index (κ1) is 13.1. The highest BCUT2D eigenvalue weighted by atomic mass is 16.3. The standard InChI is InChI=1S/C12H18O4/c1-3-4-8-5-6-9(14)12(16)10(8)11(15)7(2)13/h3-6,8-12,14-16H,1-2H3/b4-3+/t8-,9+,10+,11?,12+/m0/s1. The van der Waals surface area contributed by atoms with E-state index in [0.717, 1.165) is 0 Å². The first-order chi connectivity index (χ1) is 7.49. The molecule has 0 aromatic rings. The van der Waals surface area contributed by atoms with Crippen molar-refractivity contribution >= 4 is 5.78 Å². The highest BCUT2D eigenvalue weighted by Crippen LogP contribution is 2.30. The molecule has 0 amide bonds. The molecule has 0 aromatic carbocycles. The summed E-state index contributed by atoms with van der Waals surface area (Å²) in [4.78, 5) is 11.2. The van der Waals surface area contributed by atoms with E-state index in [1.165, 1.54) is 13.0 Å². The zero-order valence-electron chi connectivity index (χ0n) is 9.45. The summed E-state index contributed by atoms with van der Waals surface area (Å²) >= 11 is 0. The summed E-state index contributed by atoms with van der Waals surface area (Å²) in [5, 5.41) is 29.0. The lowest BCUT2D eigenvalue weighted by Gasteiger charge is -2.35. The van der Waals surface area contributed by atoms with Gasteiger partial charge >= 0.3 is 0 Å². The van der Waals surface area contributed by atoms with Crippen LogP contribution in [0.15, 0.2) is 24.3 Å². The maximum Gasteiger partial charge on any atom is 0.158 e. The van der Waals surface area contributed by atoms with E-state index in [1.807, 2.05) is 6.92 Å². The maximum atomic E-state index is 11.2. The smallest absolute Gasteiger partial charge is 0.158 e. The van der Waals surface area contributed by atoms with Crippen LogP contribution < -0.4 is 0 Å². The Labute approximate surface area is 94.9 Å². The molecule has 0 aromatic heterocycles. The molecule has 0 saturated carbocycles. The van der Waals surface area contributed by atoms with Gasteiger partial charge in [0.05, 0.1) is 12.2 Å². The van der Waals surface area contributed by atoms with Gasteiger partial charge in [0.25, 0.3) is 0 Å². The second-order valence-corrected chi connectivity index (χ2v) is 4.10. The van der Waals surface area contributed by atoms with Crippen LogP contribution in [0.2, 0.25) is 0 Å². The number of rotatable bonds is 3. The Kier molecular flexibility index (Phi) is 4.41. The molecular weight excluding hydrogens is 208 g/mol. The molecule has 0 bridgehead atoms. The molecule has 0 heterocycles. The third-order valence-electron chi connectivity index (χ3n) is 2.91. The third-order valence-corrected chi connectivity index (χ3v) is 2.91. The molecule has 1 aliphatic carbocycles. The summed E-state index contributed by atoms with van der Waals surface area (Å²) in [5.74, 6) is -1.32. The van der Waals surface area contributed by atoms with Gasteiger partial charge in [-0.15, -0.1) is 0 Å². The molecule has 1 unspecified atom stereocenters. The van der Waals surface area contributed by atoms with Crippen LogP contribution in [-0.2, 0) is 4.79 Å². The number of aliphatic hydroxyl groups excluding tert-OH is 3. The van der Waals surface area contributed by atoms with Crippen molar-refractivity contribution in [1.82, 2.24) is 0 Å². The highest BCUT2D eigenvalue weighted by molar-refractivity contribution is 5.80. The first-order valence-corrected chi connectivity index (χ1v) is 5.34. The molecule has 0 saturated heterocycles. The van der Waals surface area contributed by atoms with E-state index in [4.69, 9.17) is 0 Å². The van der Waals surface area contributed by atoms with Gasteiger partial charge in [0.2, 0.25) is 0 Å². The fourth-order valence-corrected chi connectivity index (χ4v) is 2.02. The predicted octanol–water partition coefficient (Wildman–Crippen LogP) is 0.0364. The van der Waals surface area contributed by atoms with E-state index in [2.05, 4.69) is 0 Å². The Morgan fingerprint density at radius 1 is 1.38 bits per heavy atom. The minimum Gasteiger partial charge on any atom is -0.390 e. The molecule has 3 N–H and O–H groups in total. The van der Waals surface area contributed by atoms with Gasteiger partial charge in [-0.25, -0.2) is 0 Å². The number of hydrogen-bond acceptors (Lipinski definition) is 4. The fourth-order valence-electron chi connectivity index (χ4n) is 2.02. The number of carbonyl (C=O) groups excluding carboxylic acids is 1. The quantitative estimate of drug-likeness (QED) is 0.594. The van der Waals surface area contributed by atoms with Gasteiger partial charge in [0.1, 0.15) is 6.10 Å². The van der Waals surface area contributed by atoms with Crippen molar-refractivity contribution in [3.05, 3.63) is 24.3 Å². The normalized spacial score (nSPS) is 36.6. The van der Waals surface area contributed by atoms with Gasteiger partial charge in [0, 0.05) is 11.8 Å². The summed E-state index contributed by atoms with van der Waals surface area (Å²) in [6.07, 6.45) is 3.37. The van der Waals surface area contributed by atoms with Crippen molar-refractivity contribution in [2.45, 2.75) is 32.2 Å². The second-order valence-electron chi connectivity index (χ2n) is 4.10. The van der Waals surface area contributed by atoms with Crippen LogP contribution in [0.1, 0.15) is 13.8 Å². The van der Waals surface area contributed by atoms with Gasteiger partial charge in [-0.05, 0) is 13.8 Å². The Morgan fingerprint density at radius 3 is 2.50 bits per heavy atom. The molecule has 90 valence electrons. The van der Waals surface area contributed by atoms with Crippen LogP contribution in [0.4, 0.5) is 0 Å². The van der Waals surface area contributed by atoms with E-state index >= 15 is 0 Å². The molecule has 5 atom stereocenters. The molecule has 16 heavy (non-hydrogen) atoms. The second kappa shape index (κ2) is 5.39. The third kappa shape index (κ3) is 2.58. The Bertz CT molecular complexity index is 308. The fraction of sp³-hybridized carbons (Fsp3) is 0.583. The molecule has 4 heteroatoms. The van der Waals surface area contributed by atoms with Crippen molar-refractivity contribution < 1.29 is 20.1 Å². The molecule has 1 aliphatic rings. The SMILES string of the molecule is C/C=C/[C@H]1C=C[C@@H](O)[C@@H](O)[C@H]1C(O)C(C)=O. The van der Waals surface area contributed by atoms with E-state index in [9.17, 15) is 20.1 Å². The summed E-state index contributed by atoms with van der Waals surface area (Å²) < 4.78 is 0. The van der Waals surface area contributed by atoms with E-state index in [-0.39, 0.29) is 5.92 Å². The van der Waals surface area contributed by atoms with Gasteiger partial charge in [-0.3, -0.25) is 4.79 Å². The number of ketones is 1. The number of hydrogen-bond donors (Lipinski definition) is 3. The van der Waals surface area contributed by atoms with Gasteiger partial charge in [-0.1, -0.05) is 24.3 Å². The van der Waals surface area contributed by atoms with Crippen LogP contribution in [0, 0.1) is 11.8 Å². The van der Waals surface area contributed by atoms with Crippen LogP contribution in [0.3, 0.4) is 0 Å². The van der Waals surface area contributed by atoms with Crippen molar-refractivity contribution in [2.75, 3.05) is 0 Å². The van der Waals surface area contributed by atoms with Crippen LogP contribution in [-0.4, -0.2) is 39.4 Å². The molecule has 0 radical (unpaired) electrons. The van der Waals surface area contributed by atoms with Gasteiger partial charge in [0.15, 0.2) is 5.78 Å². The topological polar surface area (TPSA) is 77.8 Å². The van der Waals surface area contributed by atoms with Crippen molar-refractivity contribution in [1.29, 1.82) is 0 Å². The average molecular weight is 226 g/mol. The lowest BCUT2D eigenvalue weighted by atomic mass is 9.76. The van der Waals surface area contributed by atoms with Crippen molar-refractivity contribution in [3.8, 4) is 0 Å². The lowest BCUT2D eigenvalue weighted by molar-refractivity contribution is -0.134. The molecule has 1 rings (SSSR count). The summed E-state index contributed by atoms with van der Waals surface area (Å²) in [6.45, 7) is 3.09. The number of aliphatic hydroxyl groups is 3. The molecule has 0 aliphatic heterocycles. The zero-order chi connectivity index (χ0) is 12.3. The van der Waals surface area contributed by atoms with Crippen LogP contribution in [0.25, 0.3) is 0 Å². The number of allylic oxidation sites excluding steroid dienone is 3. The number of carbonyl (C=O) groups is 1. The molecule has 4 nitrogen and oxygen atoms in total. The maximum absolute atomic E-state index is 11.2. The minimum absolute atomic E-state index is 0.234. The van der Waals surface area contributed by atoms with Crippen LogP contribution >= 0.6 is 0 Å². The largest absolute Gasteiger partial charge is 0.390 e. The monoisotopic (exact) mass is 226 g/mol. The number of Topliss-reactive ketones (excluding diaryl/α,β-unsaturated/α-hetero) is 1. The molecule has 0 spiro atoms. The summed E-state index contributed by atoms with van der Waals surface area (Å²) in [6, 6.07) is 0. The minimum atomic E-state index is -1.25. The molecular formula is C12H18O4. The van der Waals surface area contributed by atoms with E-state index in [1.54, 1.807) is 18.2 Å².